The number of hydrogen-bond acceptors (Lipinski definition) is 5. The summed E-state index contributed by atoms with van der Waals surface area (Å²) in [7, 11) is 3.25. The van der Waals surface area contributed by atoms with Crippen LogP contribution in [0.5, 0.6) is 11.5 Å². The van der Waals surface area contributed by atoms with Crippen LogP contribution in [0.3, 0.4) is 0 Å². The second kappa shape index (κ2) is 12.9. The van der Waals surface area contributed by atoms with Crippen molar-refractivity contribution in [1.82, 2.24) is 5.32 Å². The predicted octanol–water partition coefficient (Wildman–Crippen LogP) is 4.92. The molecule has 0 spiro atoms. The third-order valence-electron chi connectivity index (χ3n) is 6.60. The lowest BCUT2D eigenvalue weighted by atomic mass is 9.97. The molecule has 6 heteroatoms. The highest BCUT2D eigenvalue weighted by molar-refractivity contribution is 5.79. The maximum Gasteiger partial charge on any atom is 0.224 e. The van der Waals surface area contributed by atoms with Gasteiger partial charge in [0.25, 0.3) is 0 Å². The Kier molecular flexibility index (Phi) is 9.14. The molecule has 4 rings (SSSR count). The normalized spacial score (nSPS) is 10.7. The molecule has 0 radical (unpaired) electrons. The molecule has 0 atom stereocenters. The zero-order valence-electron chi connectivity index (χ0n) is 21.7. The number of aliphatic hydroxyl groups is 2. The van der Waals surface area contributed by atoms with Gasteiger partial charge in [-0.05, 0) is 45.4 Å². The Morgan fingerprint density at radius 1 is 0.711 bits per heavy atom. The van der Waals surface area contributed by atoms with Gasteiger partial charge in [0.1, 0.15) is 0 Å². The van der Waals surface area contributed by atoms with Crippen molar-refractivity contribution in [2.45, 2.75) is 26.1 Å². The molecule has 6 nitrogen and oxygen atoms in total. The third-order valence-corrected chi connectivity index (χ3v) is 6.60. The standard InChI is InChI=1S/C32H33NO5/c1-37-31-26(16-17-33-30(36)19-22-8-9-27(20-34)28(18-22)21-35)14-15-29(32(31)38-2)25-12-10-24(11-13-25)23-6-4-3-5-7-23/h3-15,18,34-35H,16-17,19-21H2,1-2H3,(H,33,36). The van der Waals surface area contributed by atoms with E-state index in [-0.39, 0.29) is 25.5 Å². The van der Waals surface area contributed by atoms with Crippen molar-refractivity contribution in [2.24, 2.45) is 0 Å². The van der Waals surface area contributed by atoms with Gasteiger partial charge in [-0.2, -0.15) is 0 Å². The first-order valence-corrected chi connectivity index (χ1v) is 12.6. The van der Waals surface area contributed by atoms with Gasteiger partial charge in [-0.1, -0.05) is 84.9 Å². The van der Waals surface area contributed by atoms with Crippen LogP contribution in [0.25, 0.3) is 22.3 Å². The first-order chi connectivity index (χ1) is 18.6. The van der Waals surface area contributed by atoms with Crippen LogP contribution in [0.2, 0.25) is 0 Å². The van der Waals surface area contributed by atoms with E-state index in [1.807, 2.05) is 30.3 Å². The quantitative estimate of drug-likeness (QED) is 0.266. The zero-order valence-corrected chi connectivity index (χ0v) is 21.7. The number of rotatable bonds is 11. The van der Waals surface area contributed by atoms with Gasteiger partial charge in [-0.15, -0.1) is 0 Å². The van der Waals surface area contributed by atoms with Crippen molar-refractivity contribution >= 4 is 5.91 Å². The summed E-state index contributed by atoms with van der Waals surface area (Å²) in [5.74, 6) is 1.19. The van der Waals surface area contributed by atoms with Crippen LogP contribution in [-0.2, 0) is 30.8 Å². The van der Waals surface area contributed by atoms with E-state index in [1.54, 1.807) is 32.4 Å². The van der Waals surface area contributed by atoms with Crippen molar-refractivity contribution in [3.8, 4) is 33.8 Å². The molecule has 0 heterocycles. The molecule has 0 saturated carbocycles. The van der Waals surface area contributed by atoms with Gasteiger partial charge in [0.2, 0.25) is 5.91 Å². The van der Waals surface area contributed by atoms with Crippen LogP contribution in [0.15, 0.2) is 84.9 Å². The van der Waals surface area contributed by atoms with Crippen molar-refractivity contribution in [1.29, 1.82) is 0 Å². The molecule has 1 amide bonds. The van der Waals surface area contributed by atoms with E-state index < -0.39 is 0 Å². The summed E-state index contributed by atoms with van der Waals surface area (Å²) in [6, 6.07) is 27.9. The number of nitrogens with one attached hydrogen (secondary N) is 1. The monoisotopic (exact) mass is 511 g/mol. The highest BCUT2D eigenvalue weighted by atomic mass is 16.5. The number of hydrogen-bond donors (Lipinski definition) is 3. The van der Waals surface area contributed by atoms with E-state index in [0.29, 0.717) is 35.6 Å². The number of benzene rings is 4. The van der Waals surface area contributed by atoms with Crippen LogP contribution in [-0.4, -0.2) is 36.9 Å². The van der Waals surface area contributed by atoms with Gasteiger partial charge < -0.3 is 25.0 Å². The van der Waals surface area contributed by atoms with Crippen LogP contribution in [0.4, 0.5) is 0 Å². The SMILES string of the molecule is COc1c(CCNC(=O)Cc2ccc(CO)c(CO)c2)ccc(-c2ccc(-c3ccccc3)cc2)c1OC. The summed E-state index contributed by atoms with van der Waals surface area (Å²) in [4.78, 5) is 12.5. The molecule has 0 aliphatic heterocycles. The van der Waals surface area contributed by atoms with Crippen molar-refractivity contribution in [2.75, 3.05) is 20.8 Å². The van der Waals surface area contributed by atoms with Crippen LogP contribution in [0.1, 0.15) is 22.3 Å². The number of carbonyl (C=O) groups excluding carboxylic acids is 1. The van der Waals surface area contributed by atoms with E-state index in [4.69, 9.17) is 9.47 Å². The predicted molar refractivity (Wildman–Crippen MR) is 149 cm³/mol. The van der Waals surface area contributed by atoms with Crippen LogP contribution in [0, 0.1) is 0 Å². The molecule has 38 heavy (non-hydrogen) atoms. The number of carbonyl (C=O) groups is 1. The molecule has 0 aliphatic rings. The summed E-state index contributed by atoms with van der Waals surface area (Å²) < 4.78 is 11.5. The topological polar surface area (TPSA) is 88.0 Å². The lowest BCUT2D eigenvalue weighted by Gasteiger charge is -2.17. The zero-order chi connectivity index (χ0) is 26.9. The minimum absolute atomic E-state index is 0.119. The summed E-state index contributed by atoms with van der Waals surface area (Å²) in [5, 5.41) is 21.8. The molecule has 0 aromatic heterocycles. The van der Waals surface area contributed by atoms with E-state index in [1.165, 1.54) is 0 Å². The molecule has 0 bridgehead atoms. The summed E-state index contributed by atoms with van der Waals surface area (Å²) in [6.45, 7) is 0.108. The van der Waals surface area contributed by atoms with Gasteiger partial charge in [0, 0.05) is 12.1 Å². The number of methoxy groups -OCH3 is 2. The first-order valence-electron chi connectivity index (χ1n) is 12.6. The largest absolute Gasteiger partial charge is 0.493 e. The fourth-order valence-corrected chi connectivity index (χ4v) is 4.60. The Hall–Kier alpha value is -4.13. The third kappa shape index (κ3) is 6.22. The number of aliphatic hydroxyl groups excluding tert-OH is 2. The van der Waals surface area contributed by atoms with Crippen LogP contribution < -0.4 is 14.8 Å². The first kappa shape index (κ1) is 26.9. The summed E-state index contributed by atoms with van der Waals surface area (Å²) in [5.41, 5.74) is 7.27. The Morgan fingerprint density at radius 2 is 1.34 bits per heavy atom. The van der Waals surface area contributed by atoms with Crippen LogP contribution >= 0.6 is 0 Å². The highest BCUT2D eigenvalue weighted by Gasteiger charge is 2.17. The Morgan fingerprint density at radius 3 is 2.00 bits per heavy atom. The molecular weight excluding hydrogens is 478 g/mol. The summed E-state index contributed by atoms with van der Waals surface area (Å²) in [6.07, 6.45) is 0.765. The van der Waals surface area contributed by atoms with E-state index in [2.05, 4.69) is 41.7 Å². The minimum atomic E-state index is -0.180. The van der Waals surface area contributed by atoms with E-state index in [0.717, 1.165) is 33.4 Å². The molecule has 4 aromatic rings. The second-order valence-electron chi connectivity index (χ2n) is 8.98. The average molecular weight is 512 g/mol. The Labute approximate surface area is 223 Å². The fraction of sp³-hybridized carbons (Fsp3) is 0.219. The fourth-order valence-electron chi connectivity index (χ4n) is 4.60. The van der Waals surface area contributed by atoms with Crippen molar-refractivity contribution in [3.63, 3.8) is 0 Å². The lowest BCUT2D eigenvalue weighted by Crippen LogP contribution is -2.27. The molecule has 3 N–H and O–H groups in total. The van der Waals surface area contributed by atoms with Crippen molar-refractivity contribution < 1.29 is 24.5 Å². The van der Waals surface area contributed by atoms with Gasteiger partial charge in [0.15, 0.2) is 11.5 Å². The number of ether oxygens (including phenoxy) is 2. The van der Waals surface area contributed by atoms with Gasteiger partial charge >= 0.3 is 0 Å². The van der Waals surface area contributed by atoms with E-state index in [9.17, 15) is 15.0 Å². The Balaban J connectivity index is 1.44. The average Bonchev–Trinajstić information content (AvgIpc) is 2.97. The Bertz CT molecular complexity index is 1370. The van der Waals surface area contributed by atoms with Crippen molar-refractivity contribution in [3.05, 3.63) is 107 Å². The molecule has 0 unspecified atom stereocenters. The molecule has 196 valence electrons. The molecule has 0 aliphatic carbocycles. The minimum Gasteiger partial charge on any atom is -0.493 e. The maximum atomic E-state index is 12.5. The number of amides is 1. The smallest absolute Gasteiger partial charge is 0.224 e. The molecular formula is C32H33NO5. The lowest BCUT2D eigenvalue weighted by molar-refractivity contribution is -0.120. The molecule has 0 saturated heterocycles. The second-order valence-corrected chi connectivity index (χ2v) is 8.98. The maximum absolute atomic E-state index is 12.5. The van der Waals surface area contributed by atoms with Gasteiger partial charge in [0.05, 0.1) is 33.9 Å². The molecule has 0 fully saturated rings. The van der Waals surface area contributed by atoms with Gasteiger partial charge in [-0.3, -0.25) is 4.79 Å². The van der Waals surface area contributed by atoms with E-state index >= 15 is 0 Å². The molecule has 4 aromatic carbocycles. The van der Waals surface area contributed by atoms with Gasteiger partial charge in [-0.25, -0.2) is 0 Å². The highest BCUT2D eigenvalue weighted by Crippen LogP contribution is 2.41. The summed E-state index contributed by atoms with van der Waals surface area (Å²) >= 11 is 0.